The van der Waals surface area contributed by atoms with E-state index in [1.807, 2.05) is 0 Å². The molecule has 1 atom stereocenters. The van der Waals surface area contributed by atoms with E-state index in [4.69, 9.17) is 10.2 Å². The van der Waals surface area contributed by atoms with E-state index in [-0.39, 0.29) is 19.1 Å². The molecule has 4 nitrogen and oxygen atoms in total. The van der Waals surface area contributed by atoms with Gasteiger partial charge in [-0.3, -0.25) is 4.79 Å². The number of rotatable bonds is 8. The zero-order valence-corrected chi connectivity index (χ0v) is 12.6. The molecule has 0 aromatic heterocycles. The first-order chi connectivity index (χ1) is 9.43. The molecule has 0 saturated heterocycles. The van der Waals surface area contributed by atoms with E-state index in [1.165, 1.54) is 22.3 Å². The molecule has 4 heteroatoms. The van der Waals surface area contributed by atoms with Crippen molar-refractivity contribution >= 4 is 5.97 Å². The van der Waals surface area contributed by atoms with Crippen LogP contribution in [0, 0.1) is 20.8 Å². The fraction of sp³-hybridized carbons (Fsp3) is 0.562. The van der Waals surface area contributed by atoms with Gasteiger partial charge in [0.05, 0.1) is 6.42 Å². The van der Waals surface area contributed by atoms with E-state index in [2.05, 4.69) is 38.2 Å². The summed E-state index contributed by atoms with van der Waals surface area (Å²) < 4.78 is 0. The van der Waals surface area contributed by atoms with Gasteiger partial charge in [0.1, 0.15) is 0 Å². The predicted molar refractivity (Wildman–Crippen MR) is 80.1 cm³/mol. The molecule has 1 aromatic carbocycles. The molecule has 0 amide bonds. The minimum atomic E-state index is -0.797. The second kappa shape index (κ2) is 8.02. The number of carboxylic acid groups (broad SMARTS) is 1. The smallest absolute Gasteiger partial charge is 0.304 e. The molecule has 1 unspecified atom stereocenters. The third-order valence-electron chi connectivity index (χ3n) is 3.48. The third-order valence-corrected chi connectivity index (χ3v) is 3.48. The zero-order valence-electron chi connectivity index (χ0n) is 12.6. The zero-order chi connectivity index (χ0) is 15.1. The summed E-state index contributed by atoms with van der Waals surface area (Å²) in [4.78, 5) is 11.0. The Hall–Kier alpha value is -1.39. The number of nitrogens with one attached hydrogen (secondary N) is 1. The van der Waals surface area contributed by atoms with Crippen LogP contribution < -0.4 is 5.32 Å². The summed E-state index contributed by atoms with van der Waals surface area (Å²) >= 11 is 0. The van der Waals surface area contributed by atoms with Crippen molar-refractivity contribution in [2.24, 2.45) is 0 Å². The lowest BCUT2D eigenvalue weighted by molar-refractivity contribution is -0.137. The van der Waals surface area contributed by atoms with Crippen LogP contribution in [0.15, 0.2) is 12.1 Å². The van der Waals surface area contributed by atoms with Crippen molar-refractivity contribution in [2.45, 2.75) is 46.1 Å². The van der Waals surface area contributed by atoms with Crippen molar-refractivity contribution in [3.8, 4) is 0 Å². The van der Waals surface area contributed by atoms with Gasteiger partial charge in [-0.05, 0) is 56.8 Å². The van der Waals surface area contributed by atoms with E-state index in [0.717, 1.165) is 0 Å². The van der Waals surface area contributed by atoms with Gasteiger partial charge in [0.2, 0.25) is 0 Å². The van der Waals surface area contributed by atoms with Gasteiger partial charge in [-0.2, -0.15) is 0 Å². The fourth-order valence-electron chi connectivity index (χ4n) is 2.59. The predicted octanol–water partition coefficient (Wildman–Crippen LogP) is 1.97. The van der Waals surface area contributed by atoms with E-state index in [0.29, 0.717) is 19.4 Å². The van der Waals surface area contributed by atoms with Gasteiger partial charge < -0.3 is 15.5 Å². The molecular formula is C16H25NO3. The number of aryl methyl sites for hydroxylation is 3. The number of hydrogen-bond donors (Lipinski definition) is 3. The van der Waals surface area contributed by atoms with Crippen LogP contribution in [0.25, 0.3) is 0 Å². The summed E-state index contributed by atoms with van der Waals surface area (Å²) in [5.74, 6) is -0.797. The Labute approximate surface area is 120 Å². The highest BCUT2D eigenvalue weighted by Crippen LogP contribution is 2.19. The molecule has 0 spiro atoms. The van der Waals surface area contributed by atoms with E-state index < -0.39 is 5.97 Å². The first-order valence-corrected chi connectivity index (χ1v) is 7.06. The standard InChI is InChI=1S/C16H25NO3/c1-11-7-12(2)15(13(3)8-11)9-14(10-16(19)20)17-5-4-6-18/h7-8,14,17-18H,4-6,9-10H2,1-3H3,(H,19,20). The van der Waals surface area contributed by atoms with E-state index in [9.17, 15) is 4.79 Å². The van der Waals surface area contributed by atoms with Crippen LogP contribution in [0.2, 0.25) is 0 Å². The van der Waals surface area contributed by atoms with Gasteiger partial charge >= 0.3 is 5.97 Å². The lowest BCUT2D eigenvalue weighted by atomic mass is 9.93. The summed E-state index contributed by atoms with van der Waals surface area (Å²) in [5.41, 5.74) is 4.87. The maximum absolute atomic E-state index is 11.0. The maximum Gasteiger partial charge on any atom is 0.304 e. The Kier molecular flexibility index (Phi) is 6.68. The fourth-order valence-corrected chi connectivity index (χ4v) is 2.59. The Bertz CT molecular complexity index is 434. The molecule has 0 bridgehead atoms. The van der Waals surface area contributed by atoms with Crippen LogP contribution in [0.4, 0.5) is 0 Å². The van der Waals surface area contributed by atoms with Crippen LogP contribution >= 0.6 is 0 Å². The Morgan fingerprint density at radius 3 is 2.35 bits per heavy atom. The molecule has 20 heavy (non-hydrogen) atoms. The minimum Gasteiger partial charge on any atom is -0.481 e. The number of aliphatic hydroxyl groups excluding tert-OH is 1. The van der Waals surface area contributed by atoms with Crippen LogP contribution in [0.1, 0.15) is 35.1 Å². The lowest BCUT2D eigenvalue weighted by Gasteiger charge is -2.20. The monoisotopic (exact) mass is 279 g/mol. The van der Waals surface area contributed by atoms with Crippen molar-refractivity contribution < 1.29 is 15.0 Å². The molecule has 0 saturated carbocycles. The average Bonchev–Trinajstić information content (AvgIpc) is 2.33. The molecule has 3 N–H and O–H groups in total. The third kappa shape index (κ3) is 5.31. The second-order valence-corrected chi connectivity index (χ2v) is 5.41. The number of aliphatic carboxylic acids is 1. The summed E-state index contributed by atoms with van der Waals surface area (Å²) in [6, 6.07) is 4.17. The highest BCUT2D eigenvalue weighted by Gasteiger charge is 2.15. The number of hydrogen-bond acceptors (Lipinski definition) is 3. The van der Waals surface area contributed by atoms with Crippen molar-refractivity contribution in [3.05, 3.63) is 34.4 Å². The molecule has 0 aliphatic rings. The van der Waals surface area contributed by atoms with Crippen molar-refractivity contribution in [3.63, 3.8) is 0 Å². The lowest BCUT2D eigenvalue weighted by Crippen LogP contribution is -2.34. The highest BCUT2D eigenvalue weighted by molar-refractivity contribution is 5.67. The Balaban J connectivity index is 2.80. The number of aliphatic hydroxyl groups is 1. The van der Waals surface area contributed by atoms with Crippen LogP contribution in [0.3, 0.4) is 0 Å². The van der Waals surface area contributed by atoms with Crippen LogP contribution in [0.5, 0.6) is 0 Å². The van der Waals surface area contributed by atoms with Crippen LogP contribution in [-0.4, -0.2) is 35.4 Å². The summed E-state index contributed by atoms with van der Waals surface area (Å²) in [6.07, 6.45) is 1.44. The molecule has 0 aliphatic heterocycles. The highest BCUT2D eigenvalue weighted by atomic mass is 16.4. The summed E-state index contributed by atoms with van der Waals surface area (Å²) in [5, 5.41) is 21.1. The molecule has 0 aliphatic carbocycles. The van der Waals surface area contributed by atoms with E-state index in [1.54, 1.807) is 0 Å². The molecule has 0 radical (unpaired) electrons. The first kappa shape index (κ1) is 16.7. The largest absolute Gasteiger partial charge is 0.481 e. The quantitative estimate of drug-likeness (QED) is 0.636. The Morgan fingerprint density at radius 2 is 1.85 bits per heavy atom. The second-order valence-electron chi connectivity index (χ2n) is 5.41. The van der Waals surface area contributed by atoms with Crippen molar-refractivity contribution in [2.75, 3.05) is 13.2 Å². The van der Waals surface area contributed by atoms with Gasteiger partial charge in [-0.1, -0.05) is 17.7 Å². The molecule has 112 valence electrons. The molecule has 0 heterocycles. The van der Waals surface area contributed by atoms with Gasteiger partial charge in [-0.15, -0.1) is 0 Å². The Morgan fingerprint density at radius 1 is 1.25 bits per heavy atom. The van der Waals surface area contributed by atoms with Crippen molar-refractivity contribution in [1.29, 1.82) is 0 Å². The SMILES string of the molecule is Cc1cc(C)c(CC(CC(=O)O)NCCCO)c(C)c1. The molecular weight excluding hydrogens is 254 g/mol. The number of benzene rings is 1. The average molecular weight is 279 g/mol. The molecule has 0 fully saturated rings. The molecule has 1 rings (SSSR count). The number of carboxylic acids is 1. The van der Waals surface area contributed by atoms with Crippen molar-refractivity contribution in [1.82, 2.24) is 5.32 Å². The van der Waals surface area contributed by atoms with Gasteiger partial charge in [0.15, 0.2) is 0 Å². The summed E-state index contributed by atoms with van der Waals surface area (Å²) in [7, 11) is 0. The van der Waals surface area contributed by atoms with E-state index >= 15 is 0 Å². The minimum absolute atomic E-state index is 0.0954. The van der Waals surface area contributed by atoms with Gasteiger partial charge in [0.25, 0.3) is 0 Å². The first-order valence-electron chi connectivity index (χ1n) is 7.06. The van der Waals surface area contributed by atoms with Gasteiger partial charge in [-0.25, -0.2) is 0 Å². The summed E-state index contributed by atoms with van der Waals surface area (Å²) in [6.45, 7) is 6.97. The topological polar surface area (TPSA) is 69.6 Å². The van der Waals surface area contributed by atoms with Gasteiger partial charge in [0, 0.05) is 12.6 Å². The molecule has 1 aromatic rings. The van der Waals surface area contributed by atoms with Crippen LogP contribution in [-0.2, 0) is 11.2 Å². The maximum atomic E-state index is 11.0. The number of carbonyl (C=O) groups is 1. The normalized spacial score (nSPS) is 12.4.